The molecule has 2 fully saturated rings. The van der Waals surface area contributed by atoms with Crippen LogP contribution in [0.25, 0.3) is 0 Å². The van der Waals surface area contributed by atoms with Gasteiger partial charge in [-0.05, 0) is 45.2 Å². The molecule has 1 N–H and O–H groups in total. The van der Waals surface area contributed by atoms with Crippen LogP contribution in [-0.4, -0.2) is 45.8 Å². The molecule has 1 aromatic heterocycles. The van der Waals surface area contributed by atoms with Gasteiger partial charge in [-0.25, -0.2) is 0 Å². The lowest BCUT2D eigenvalue weighted by Crippen LogP contribution is -2.48. The summed E-state index contributed by atoms with van der Waals surface area (Å²) in [4.78, 5) is 14.7. The number of amides is 1. The van der Waals surface area contributed by atoms with Gasteiger partial charge in [-0.3, -0.25) is 9.48 Å². The van der Waals surface area contributed by atoms with Crippen LogP contribution in [0.1, 0.15) is 38.6 Å². The summed E-state index contributed by atoms with van der Waals surface area (Å²) in [6.07, 6.45) is 8.28. The van der Waals surface area contributed by atoms with Crippen LogP contribution in [0.15, 0.2) is 18.5 Å². The Morgan fingerprint density at radius 1 is 1.42 bits per heavy atom. The zero-order valence-corrected chi connectivity index (χ0v) is 11.5. The van der Waals surface area contributed by atoms with Crippen molar-refractivity contribution in [1.29, 1.82) is 0 Å². The number of hydrogen-bond acceptors (Lipinski definition) is 3. The molecule has 0 spiro atoms. The van der Waals surface area contributed by atoms with Crippen LogP contribution in [0.2, 0.25) is 0 Å². The Morgan fingerprint density at radius 3 is 3.00 bits per heavy atom. The highest BCUT2D eigenvalue weighted by molar-refractivity contribution is 5.80. The van der Waals surface area contributed by atoms with Gasteiger partial charge in [0.2, 0.25) is 5.91 Å². The number of carbonyl (C=O) groups is 1. The molecule has 0 bridgehead atoms. The van der Waals surface area contributed by atoms with Crippen molar-refractivity contribution in [3.05, 3.63) is 18.5 Å². The molecule has 5 heteroatoms. The van der Waals surface area contributed by atoms with E-state index in [1.54, 1.807) is 10.9 Å². The van der Waals surface area contributed by atoms with Crippen LogP contribution in [-0.2, 0) is 4.79 Å². The van der Waals surface area contributed by atoms with E-state index < -0.39 is 0 Å². The van der Waals surface area contributed by atoms with Crippen molar-refractivity contribution in [2.45, 2.75) is 50.7 Å². The highest BCUT2D eigenvalue weighted by Gasteiger charge is 2.37. The smallest absolute Gasteiger partial charge is 0.247 e. The predicted molar refractivity (Wildman–Crippen MR) is 72.7 cm³/mol. The van der Waals surface area contributed by atoms with E-state index >= 15 is 0 Å². The number of hydrogen-bond donors (Lipinski definition) is 1. The van der Waals surface area contributed by atoms with E-state index in [0.717, 1.165) is 25.9 Å². The summed E-state index contributed by atoms with van der Waals surface area (Å²) in [6.45, 7) is 3.93. The Labute approximate surface area is 114 Å². The van der Waals surface area contributed by atoms with Gasteiger partial charge in [-0.15, -0.1) is 0 Å². The van der Waals surface area contributed by atoms with Gasteiger partial charge in [-0.2, -0.15) is 5.10 Å². The standard InChI is InChI=1S/C14H22N4O/c1-11(18-10-4-8-16-18)14(19)17-9-3-6-13(17)12-5-2-7-15-12/h4,8,10-13,15H,2-3,5-7,9H2,1H3. The van der Waals surface area contributed by atoms with Crippen molar-refractivity contribution in [2.75, 3.05) is 13.1 Å². The Bertz CT molecular complexity index is 425. The lowest BCUT2D eigenvalue weighted by atomic mass is 10.0. The number of nitrogens with zero attached hydrogens (tertiary/aromatic N) is 3. The van der Waals surface area contributed by atoms with Crippen LogP contribution in [0, 0.1) is 0 Å². The minimum atomic E-state index is -0.197. The van der Waals surface area contributed by atoms with Gasteiger partial charge in [0, 0.05) is 31.0 Å². The van der Waals surface area contributed by atoms with Crippen LogP contribution < -0.4 is 5.32 Å². The van der Waals surface area contributed by atoms with Crippen molar-refractivity contribution in [1.82, 2.24) is 20.0 Å². The highest BCUT2D eigenvalue weighted by atomic mass is 16.2. The fourth-order valence-corrected chi connectivity index (χ4v) is 3.39. The molecule has 104 valence electrons. The van der Waals surface area contributed by atoms with Gasteiger partial charge >= 0.3 is 0 Å². The van der Waals surface area contributed by atoms with Gasteiger partial charge in [-0.1, -0.05) is 0 Å². The van der Waals surface area contributed by atoms with Gasteiger partial charge in [0.25, 0.3) is 0 Å². The average molecular weight is 262 g/mol. The lowest BCUT2D eigenvalue weighted by molar-refractivity contribution is -0.135. The van der Waals surface area contributed by atoms with Gasteiger partial charge in [0.15, 0.2) is 0 Å². The number of carbonyl (C=O) groups excluding carboxylic acids is 1. The van der Waals surface area contributed by atoms with Crippen LogP contribution >= 0.6 is 0 Å². The first kappa shape index (κ1) is 12.7. The largest absolute Gasteiger partial charge is 0.336 e. The molecule has 2 aliphatic heterocycles. The number of aromatic nitrogens is 2. The van der Waals surface area contributed by atoms with Crippen LogP contribution in [0.5, 0.6) is 0 Å². The summed E-state index contributed by atoms with van der Waals surface area (Å²) in [5, 5.41) is 7.73. The van der Waals surface area contributed by atoms with Gasteiger partial charge in [0.05, 0.1) is 0 Å². The summed E-state index contributed by atoms with van der Waals surface area (Å²) in [6, 6.07) is 2.55. The van der Waals surface area contributed by atoms with Crippen molar-refractivity contribution >= 4 is 5.91 Å². The summed E-state index contributed by atoms with van der Waals surface area (Å²) in [5.74, 6) is 0.208. The summed E-state index contributed by atoms with van der Waals surface area (Å²) < 4.78 is 1.75. The van der Waals surface area contributed by atoms with Crippen LogP contribution in [0.3, 0.4) is 0 Å². The maximum atomic E-state index is 12.6. The lowest BCUT2D eigenvalue weighted by Gasteiger charge is -2.31. The first-order chi connectivity index (χ1) is 9.27. The third-order valence-corrected chi connectivity index (χ3v) is 4.42. The molecule has 2 saturated heterocycles. The average Bonchev–Trinajstić information content (AvgIpc) is 3.15. The Kier molecular flexibility index (Phi) is 3.55. The zero-order chi connectivity index (χ0) is 13.2. The van der Waals surface area contributed by atoms with Crippen molar-refractivity contribution in [3.63, 3.8) is 0 Å². The van der Waals surface area contributed by atoms with Crippen molar-refractivity contribution in [2.24, 2.45) is 0 Å². The van der Waals surface area contributed by atoms with E-state index in [0.29, 0.717) is 12.1 Å². The molecule has 0 saturated carbocycles. The van der Waals surface area contributed by atoms with E-state index in [2.05, 4.69) is 15.3 Å². The molecule has 0 aromatic carbocycles. The molecule has 2 aliphatic rings. The molecule has 19 heavy (non-hydrogen) atoms. The third-order valence-electron chi connectivity index (χ3n) is 4.42. The maximum absolute atomic E-state index is 12.6. The van der Waals surface area contributed by atoms with Crippen molar-refractivity contribution in [3.8, 4) is 0 Å². The summed E-state index contributed by atoms with van der Waals surface area (Å²) in [5.41, 5.74) is 0. The summed E-state index contributed by atoms with van der Waals surface area (Å²) in [7, 11) is 0. The molecule has 3 rings (SSSR count). The fourth-order valence-electron chi connectivity index (χ4n) is 3.39. The van der Waals surface area contributed by atoms with E-state index in [9.17, 15) is 4.79 Å². The van der Waals surface area contributed by atoms with E-state index in [-0.39, 0.29) is 11.9 Å². The first-order valence-corrected chi connectivity index (χ1v) is 7.30. The SMILES string of the molecule is CC(C(=O)N1CCCC1C1CCCN1)n1cccn1. The second kappa shape index (κ2) is 5.33. The maximum Gasteiger partial charge on any atom is 0.247 e. The van der Waals surface area contributed by atoms with E-state index in [1.165, 1.54) is 12.8 Å². The first-order valence-electron chi connectivity index (χ1n) is 7.30. The normalized spacial score (nSPS) is 28.8. The van der Waals surface area contributed by atoms with Gasteiger partial charge in [0.1, 0.15) is 6.04 Å². The molecular formula is C14H22N4O. The second-order valence-electron chi connectivity index (χ2n) is 5.61. The second-order valence-corrected chi connectivity index (χ2v) is 5.61. The molecule has 1 aromatic rings. The molecule has 0 radical (unpaired) electrons. The third kappa shape index (κ3) is 2.39. The predicted octanol–water partition coefficient (Wildman–Crippen LogP) is 1.19. The minimum Gasteiger partial charge on any atom is -0.336 e. The van der Waals surface area contributed by atoms with Crippen molar-refractivity contribution < 1.29 is 4.79 Å². The number of likely N-dealkylation sites (tertiary alicyclic amines) is 1. The molecule has 3 heterocycles. The van der Waals surface area contributed by atoms with E-state index in [4.69, 9.17) is 0 Å². The fraction of sp³-hybridized carbons (Fsp3) is 0.714. The zero-order valence-electron chi connectivity index (χ0n) is 11.5. The molecule has 3 unspecified atom stereocenters. The Morgan fingerprint density at radius 2 is 2.32 bits per heavy atom. The topological polar surface area (TPSA) is 50.2 Å². The van der Waals surface area contributed by atoms with Gasteiger partial charge < -0.3 is 10.2 Å². The molecule has 1 amide bonds. The number of rotatable bonds is 3. The number of nitrogens with one attached hydrogen (secondary N) is 1. The molecule has 3 atom stereocenters. The Hall–Kier alpha value is -1.36. The Balaban J connectivity index is 1.71. The van der Waals surface area contributed by atoms with Crippen LogP contribution in [0.4, 0.5) is 0 Å². The highest BCUT2D eigenvalue weighted by Crippen LogP contribution is 2.27. The molecular weight excluding hydrogens is 240 g/mol. The monoisotopic (exact) mass is 262 g/mol. The minimum absolute atomic E-state index is 0.197. The quantitative estimate of drug-likeness (QED) is 0.890. The summed E-state index contributed by atoms with van der Waals surface area (Å²) >= 11 is 0. The van der Waals surface area contributed by atoms with E-state index in [1.807, 2.05) is 19.2 Å². The molecule has 0 aliphatic carbocycles. The molecule has 5 nitrogen and oxygen atoms in total.